The predicted octanol–water partition coefficient (Wildman–Crippen LogP) is 2.44. The van der Waals surface area contributed by atoms with E-state index in [1.807, 2.05) is 0 Å². The first-order valence-electron chi connectivity index (χ1n) is 5.45. The molecule has 1 heterocycles. The Morgan fingerprint density at radius 2 is 2.11 bits per heavy atom. The molecule has 0 amide bonds. The van der Waals surface area contributed by atoms with Gasteiger partial charge < -0.3 is 15.4 Å². The highest BCUT2D eigenvalue weighted by atomic mass is 19.4. The summed E-state index contributed by atoms with van der Waals surface area (Å²) >= 11 is 0. The van der Waals surface area contributed by atoms with Crippen LogP contribution in [-0.4, -0.2) is 23.7 Å². The molecule has 0 saturated carbocycles. The number of likely N-dealkylation sites (N-methyl/N-ethyl adjacent to an activating group) is 1. The van der Waals surface area contributed by atoms with Crippen molar-refractivity contribution >= 4 is 10.9 Å². The van der Waals surface area contributed by atoms with Crippen molar-refractivity contribution in [1.29, 1.82) is 0 Å². The second kappa shape index (κ2) is 4.62. The summed E-state index contributed by atoms with van der Waals surface area (Å²) in [6.45, 7) is 0.283. The molecule has 0 aliphatic carbocycles. The van der Waals surface area contributed by atoms with Crippen LogP contribution >= 0.6 is 0 Å². The van der Waals surface area contributed by atoms with Crippen molar-refractivity contribution in [3.05, 3.63) is 35.5 Å². The fourth-order valence-electron chi connectivity index (χ4n) is 1.93. The zero-order valence-corrected chi connectivity index (χ0v) is 9.67. The number of benzene rings is 1. The largest absolute Gasteiger partial charge is 0.431 e. The molecule has 0 saturated heterocycles. The van der Waals surface area contributed by atoms with Gasteiger partial charge in [0.2, 0.25) is 0 Å². The Morgan fingerprint density at radius 3 is 2.72 bits per heavy atom. The third kappa shape index (κ3) is 2.34. The highest BCUT2D eigenvalue weighted by Crippen LogP contribution is 2.33. The van der Waals surface area contributed by atoms with Gasteiger partial charge in [-0.1, -0.05) is 12.1 Å². The molecule has 0 bridgehead atoms. The van der Waals surface area contributed by atoms with E-state index < -0.39 is 18.0 Å². The number of aliphatic hydroxyl groups excluding tert-OH is 1. The molecule has 0 spiro atoms. The van der Waals surface area contributed by atoms with E-state index in [4.69, 9.17) is 0 Å². The number of hydrogen-bond donors (Lipinski definition) is 3. The summed E-state index contributed by atoms with van der Waals surface area (Å²) in [4.78, 5) is 2.32. The van der Waals surface area contributed by atoms with Gasteiger partial charge in [-0.05, 0) is 24.7 Å². The van der Waals surface area contributed by atoms with E-state index in [0.29, 0.717) is 16.5 Å². The molecule has 0 radical (unpaired) electrons. The molecule has 1 atom stereocenters. The van der Waals surface area contributed by atoms with Crippen LogP contribution in [0.25, 0.3) is 10.9 Å². The summed E-state index contributed by atoms with van der Waals surface area (Å²) in [6, 6.07) is 5.83. The fourth-order valence-corrected chi connectivity index (χ4v) is 1.93. The number of nitrogens with one attached hydrogen (secondary N) is 2. The maximum atomic E-state index is 12.6. The third-order valence-electron chi connectivity index (χ3n) is 2.76. The lowest BCUT2D eigenvalue weighted by Crippen LogP contribution is -2.16. The SMILES string of the molecule is CNCC(O)c1cccc2[nH]c(C(F)(F)F)cc12. The Bertz CT molecular complexity index is 548. The van der Waals surface area contributed by atoms with Crippen molar-refractivity contribution < 1.29 is 18.3 Å². The molecule has 98 valence electrons. The van der Waals surface area contributed by atoms with E-state index in [1.54, 1.807) is 25.2 Å². The second-order valence-electron chi connectivity index (χ2n) is 4.06. The number of hydrogen-bond acceptors (Lipinski definition) is 2. The zero-order chi connectivity index (χ0) is 13.3. The van der Waals surface area contributed by atoms with Crippen molar-refractivity contribution in [3.63, 3.8) is 0 Å². The van der Waals surface area contributed by atoms with E-state index in [-0.39, 0.29) is 6.54 Å². The summed E-state index contributed by atoms with van der Waals surface area (Å²) in [7, 11) is 1.67. The third-order valence-corrected chi connectivity index (χ3v) is 2.76. The maximum absolute atomic E-state index is 12.6. The summed E-state index contributed by atoms with van der Waals surface area (Å²) in [5, 5.41) is 13.1. The normalized spacial score (nSPS) is 14.1. The highest BCUT2D eigenvalue weighted by Gasteiger charge is 2.33. The number of fused-ring (bicyclic) bond motifs is 1. The molecule has 3 N–H and O–H groups in total. The Labute approximate surface area is 102 Å². The minimum absolute atomic E-state index is 0.283. The van der Waals surface area contributed by atoms with Gasteiger partial charge in [0.15, 0.2) is 0 Å². The predicted molar refractivity (Wildman–Crippen MR) is 62.2 cm³/mol. The summed E-state index contributed by atoms with van der Waals surface area (Å²) < 4.78 is 37.8. The first-order valence-corrected chi connectivity index (χ1v) is 5.45. The lowest BCUT2D eigenvalue weighted by atomic mass is 10.0. The molecule has 1 unspecified atom stereocenters. The molecular weight excluding hydrogens is 245 g/mol. The molecule has 1 aromatic heterocycles. The van der Waals surface area contributed by atoms with Crippen LogP contribution in [0.3, 0.4) is 0 Å². The van der Waals surface area contributed by atoms with Crippen LogP contribution in [0.2, 0.25) is 0 Å². The monoisotopic (exact) mass is 258 g/mol. The lowest BCUT2D eigenvalue weighted by molar-refractivity contribution is -0.140. The van der Waals surface area contributed by atoms with Crippen molar-refractivity contribution in [2.75, 3.05) is 13.6 Å². The van der Waals surface area contributed by atoms with E-state index in [2.05, 4.69) is 10.3 Å². The van der Waals surface area contributed by atoms with E-state index in [1.165, 1.54) is 0 Å². The fraction of sp³-hybridized carbons (Fsp3) is 0.333. The Kier molecular flexibility index (Phi) is 3.32. The van der Waals surface area contributed by atoms with E-state index in [9.17, 15) is 18.3 Å². The first-order chi connectivity index (χ1) is 8.43. The van der Waals surface area contributed by atoms with Gasteiger partial charge >= 0.3 is 6.18 Å². The first kappa shape index (κ1) is 12.9. The quantitative estimate of drug-likeness (QED) is 0.792. The maximum Gasteiger partial charge on any atom is 0.431 e. The Balaban J connectivity index is 2.52. The zero-order valence-electron chi connectivity index (χ0n) is 9.67. The Hall–Kier alpha value is -1.53. The minimum Gasteiger partial charge on any atom is -0.387 e. The van der Waals surface area contributed by atoms with Crippen LogP contribution in [0.1, 0.15) is 17.4 Å². The lowest BCUT2D eigenvalue weighted by Gasteiger charge is -2.11. The van der Waals surface area contributed by atoms with Gasteiger partial charge in [-0.25, -0.2) is 0 Å². The average Bonchev–Trinajstić information content (AvgIpc) is 2.72. The summed E-state index contributed by atoms with van der Waals surface area (Å²) in [5.41, 5.74) is 0.0465. The number of aliphatic hydroxyl groups is 1. The van der Waals surface area contributed by atoms with Crippen LogP contribution in [0.15, 0.2) is 24.3 Å². The van der Waals surface area contributed by atoms with Crippen molar-refractivity contribution in [2.45, 2.75) is 12.3 Å². The molecule has 0 aliphatic rings. The minimum atomic E-state index is -4.41. The molecule has 2 aromatic rings. The molecule has 1 aromatic carbocycles. The summed E-state index contributed by atoms with van der Waals surface area (Å²) in [5.74, 6) is 0. The van der Waals surface area contributed by atoms with Crippen molar-refractivity contribution in [1.82, 2.24) is 10.3 Å². The van der Waals surface area contributed by atoms with E-state index in [0.717, 1.165) is 6.07 Å². The van der Waals surface area contributed by atoms with Crippen LogP contribution in [-0.2, 0) is 6.18 Å². The number of halogens is 3. The van der Waals surface area contributed by atoms with Crippen LogP contribution < -0.4 is 5.32 Å². The smallest absolute Gasteiger partial charge is 0.387 e. The molecular formula is C12H13F3N2O. The van der Waals surface area contributed by atoms with Gasteiger partial charge in [-0.2, -0.15) is 13.2 Å². The molecule has 2 rings (SSSR count). The standard InChI is InChI=1S/C12H13F3N2O/c1-16-6-10(18)7-3-2-4-9-8(7)5-11(17-9)12(13,14)15/h2-5,10,16-18H,6H2,1H3. The number of H-pyrrole nitrogens is 1. The highest BCUT2D eigenvalue weighted by molar-refractivity contribution is 5.84. The van der Waals surface area contributed by atoms with Gasteiger partial charge in [0.1, 0.15) is 5.69 Å². The number of aromatic nitrogens is 1. The molecule has 0 fully saturated rings. The van der Waals surface area contributed by atoms with E-state index >= 15 is 0 Å². The van der Waals surface area contributed by atoms with Crippen molar-refractivity contribution in [3.8, 4) is 0 Å². The topological polar surface area (TPSA) is 48.0 Å². The summed E-state index contributed by atoms with van der Waals surface area (Å²) in [6.07, 6.45) is -5.25. The van der Waals surface area contributed by atoms with Crippen LogP contribution in [0.5, 0.6) is 0 Å². The van der Waals surface area contributed by atoms with Crippen molar-refractivity contribution in [2.24, 2.45) is 0 Å². The van der Waals surface area contributed by atoms with Gasteiger partial charge in [0.25, 0.3) is 0 Å². The molecule has 6 heteroatoms. The number of aromatic amines is 1. The van der Waals surface area contributed by atoms with Gasteiger partial charge in [-0.3, -0.25) is 0 Å². The molecule has 18 heavy (non-hydrogen) atoms. The molecule has 3 nitrogen and oxygen atoms in total. The van der Waals surface area contributed by atoms with Gasteiger partial charge in [0.05, 0.1) is 6.10 Å². The Morgan fingerprint density at radius 1 is 1.39 bits per heavy atom. The van der Waals surface area contributed by atoms with Gasteiger partial charge in [-0.15, -0.1) is 0 Å². The number of rotatable bonds is 3. The number of alkyl halides is 3. The molecule has 0 aliphatic heterocycles. The van der Waals surface area contributed by atoms with Gasteiger partial charge in [0, 0.05) is 17.4 Å². The second-order valence-corrected chi connectivity index (χ2v) is 4.06. The average molecular weight is 258 g/mol. The van der Waals surface area contributed by atoms with Crippen LogP contribution in [0.4, 0.5) is 13.2 Å². The van der Waals surface area contributed by atoms with Crippen LogP contribution in [0, 0.1) is 0 Å².